The summed E-state index contributed by atoms with van der Waals surface area (Å²) < 4.78 is 0. The van der Waals surface area contributed by atoms with Crippen molar-refractivity contribution in [1.29, 1.82) is 0 Å². The van der Waals surface area contributed by atoms with Crippen molar-refractivity contribution in [2.75, 3.05) is 4.90 Å². The van der Waals surface area contributed by atoms with Crippen molar-refractivity contribution in [2.45, 2.75) is 17.6 Å². The summed E-state index contributed by atoms with van der Waals surface area (Å²) in [5.74, 6) is 0. The maximum atomic E-state index is 11.6. The van der Waals surface area contributed by atoms with E-state index in [-0.39, 0.29) is 0 Å². The SMILES string of the molecule is O=CC1N=C(N(Cc2ccccc2)c2ccccc2)Sc2ncccc21. The van der Waals surface area contributed by atoms with Crippen LogP contribution in [0.15, 0.2) is 89.0 Å². The average Bonchev–Trinajstić information content (AvgIpc) is 2.72. The number of aromatic nitrogens is 1. The van der Waals surface area contributed by atoms with Gasteiger partial charge < -0.3 is 9.69 Å². The van der Waals surface area contributed by atoms with E-state index in [1.54, 1.807) is 6.20 Å². The number of rotatable bonds is 4. The van der Waals surface area contributed by atoms with Crippen LogP contribution in [0.4, 0.5) is 5.69 Å². The molecule has 1 aliphatic heterocycles. The molecule has 0 aliphatic carbocycles. The first-order valence-electron chi connectivity index (χ1n) is 8.37. The Morgan fingerprint density at radius 2 is 1.69 bits per heavy atom. The molecule has 26 heavy (non-hydrogen) atoms. The monoisotopic (exact) mass is 359 g/mol. The molecule has 5 heteroatoms. The van der Waals surface area contributed by atoms with E-state index in [1.807, 2.05) is 48.5 Å². The van der Waals surface area contributed by atoms with Gasteiger partial charge in [0.25, 0.3) is 0 Å². The van der Waals surface area contributed by atoms with E-state index < -0.39 is 6.04 Å². The van der Waals surface area contributed by atoms with Gasteiger partial charge in [-0.05, 0) is 35.5 Å². The molecule has 2 aromatic carbocycles. The third-order valence-corrected chi connectivity index (χ3v) is 5.21. The lowest BCUT2D eigenvalue weighted by atomic mass is 10.1. The molecule has 1 unspecified atom stereocenters. The van der Waals surface area contributed by atoms with Crippen molar-refractivity contribution in [3.63, 3.8) is 0 Å². The molecule has 0 saturated heterocycles. The Bertz CT molecular complexity index is 928. The molecular formula is C21H17N3OS. The van der Waals surface area contributed by atoms with Crippen molar-refractivity contribution in [2.24, 2.45) is 4.99 Å². The van der Waals surface area contributed by atoms with Gasteiger partial charge in [-0.15, -0.1) is 0 Å². The molecule has 1 aliphatic rings. The summed E-state index contributed by atoms with van der Waals surface area (Å²) in [6.45, 7) is 0.671. The maximum absolute atomic E-state index is 11.6. The van der Waals surface area contributed by atoms with Gasteiger partial charge in [0.1, 0.15) is 17.4 Å². The van der Waals surface area contributed by atoms with Crippen LogP contribution in [-0.4, -0.2) is 16.4 Å². The highest BCUT2D eigenvalue weighted by molar-refractivity contribution is 8.14. The van der Waals surface area contributed by atoms with Crippen LogP contribution in [0.1, 0.15) is 17.2 Å². The molecule has 3 aromatic rings. The molecule has 0 fully saturated rings. The number of anilines is 1. The Balaban J connectivity index is 1.74. The zero-order valence-corrected chi connectivity index (χ0v) is 14.8. The number of benzene rings is 2. The number of hydrogen-bond acceptors (Lipinski definition) is 5. The second-order valence-electron chi connectivity index (χ2n) is 5.90. The third-order valence-electron chi connectivity index (χ3n) is 4.17. The number of carbonyl (C=O) groups excluding carboxylic acids is 1. The quantitative estimate of drug-likeness (QED) is 0.644. The molecule has 1 atom stereocenters. The highest BCUT2D eigenvalue weighted by atomic mass is 32.2. The highest BCUT2D eigenvalue weighted by Crippen LogP contribution is 2.36. The zero-order valence-electron chi connectivity index (χ0n) is 14.0. The predicted octanol–water partition coefficient (Wildman–Crippen LogP) is 4.49. The first-order chi connectivity index (χ1) is 12.8. The summed E-state index contributed by atoms with van der Waals surface area (Å²) in [6.07, 6.45) is 2.63. The number of fused-ring (bicyclic) bond motifs is 1. The van der Waals surface area contributed by atoms with Gasteiger partial charge in [-0.25, -0.2) is 9.98 Å². The number of para-hydroxylation sites is 1. The van der Waals surface area contributed by atoms with Crippen molar-refractivity contribution in [3.05, 3.63) is 90.1 Å². The van der Waals surface area contributed by atoms with E-state index in [0.29, 0.717) is 6.54 Å². The second kappa shape index (κ2) is 7.54. The van der Waals surface area contributed by atoms with Crippen LogP contribution >= 0.6 is 11.8 Å². The smallest absolute Gasteiger partial charge is 0.171 e. The molecule has 0 saturated carbocycles. The van der Waals surface area contributed by atoms with Gasteiger partial charge in [-0.2, -0.15) is 0 Å². The number of thioether (sulfide) groups is 1. The lowest BCUT2D eigenvalue weighted by Gasteiger charge is -2.29. The minimum Gasteiger partial charge on any atom is -0.316 e. The summed E-state index contributed by atoms with van der Waals surface area (Å²) in [5.41, 5.74) is 3.07. The molecule has 0 spiro atoms. The molecule has 0 amide bonds. The fraction of sp³-hybridized carbons (Fsp3) is 0.0952. The van der Waals surface area contributed by atoms with Crippen molar-refractivity contribution in [3.8, 4) is 0 Å². The Kier molecular flexibility index (Phi) is 4.80. The van der Waals surface area contributed by atoms with Gasteiger partial charge in [0.15, 0.2) is 5.17 Å². The fourth-order valence-corrected chi connectivity index (χ4v) is 3.93. The topological polar surface area (TPSA) is 45.6 Å². The van der Waals surface area contributed by atoms with Gasteiger partial charge in [0.2, 0.25) is 0 Å². The van der Waals surface area contributed by atoms with Crippen LogP contribution in [0.3, 0.4) is 0 Å². The number of nitrogens with zero attached hydrogens (tertiary/aromatic N) is 3. The lowest BCUT2D eigenvalue weighted by molar-refractivity contribution is -0.109. The Hall–Kier alpha value is -2.92. The molecule has 0 N–H and O–H groups in total. The van der Waals surface area contributed by atoms with Gasteiger partial charge in [0, 0.05) is 17.4 Å². The number of carbonyl (C=O) groups is 1. The van der Waals surface area contributed by atoms with Gasteiger partial charge in [0.05, 0.1) is 6.54 Å². The maximum Gasteiger partial charge on any atom is 0.171 e. The van der Waals surface area contributed by atoms with E-state index in [2.05, 4.69) is 34.1 Å². The largest absolute Gasteiger partial charge is 0.316 e. The molecule has 4 nitrogen and oxygen atoms in total. The number of aldehydes is 1. The summed E-state index contributed by atoms with van der Waals surface area (Å²) in [7, 11) is 0. The van der Waals surface area contributed by atoms with Crippen molar-refractivity contribution in [1.82, 2.24) is 4.98 Å². The lowest BCUT2D eigenvalue weighted by Crippen LogP contribution is -2.30. The van der Waals surface area contributed by atoms with E-state index >= 15 is 0 Å². The van der Waals surface area contributed by atoms with Crippen molar-refractivity contribution >= 4 is 28.9 Å². The summed E-state index contributed by atoms with van der Waals surface area (Å²) in [6, 6.07) is 23.6. The summed E-state index contributed by atoms with van der Waals surface area (Å²) in [5, 5.41) is 1.62. The van der Waals surface area contributed by atoms with E-state index in [0.717, 1.165) is 27.7 Å². The van der Waals surface area contributed by atoms with E-state index in [1.165, 1.54) is 17.3 Å². The molecule has 4 rings (SSSR count). The number of amidine groups is 1. The van der Waals surface area contributed by atoms with Gasteiger partial charge in [-0.1, -0.05) is 54.6 Å². The molecule has 1 aromatic heterocycles. The van der Waals surface area contributed by atoms with Crippen LogP contribution in [0, 0.1) is 0 Å². The average molecular weight is 359 g/mol. The minimum atomic E-state index is -0.517. The fourth-order valence-electron chi connectivity index (χ4n) is 2.89. The van der Waals surface area contributed by atoms with Crippen LogP contribution in [0.2, 0.25) is 0 Å². The van der Waals surface area contributed by atoms with Gasteiger partial charge >= 0.3 is 0 Å². The minimum absolute atomic E-state index is 0.517. The van der Waals surface area contributed by atoms with Crippen molar-refractivity contribution < 1.29 is 4.79 Å². The summed E-state index contributed by atoms with van der Waals surface area (Å²) in [4.78, 5) is 22.9. The normalized spacial score (nSPS) is 15.7. The van der Waals surface area contributed by atoms with Crippen LogP contribution in [0.25, 0.3) is 0 Å². The second-order valence-corrected chi connectivity index (χ2v) is 6.86. The Morgan fingerprint density at radius 3 is 2.42 bits per heavy atom. The summed E-state index contributed by atoms with van der Waals surface area (Å²) >= 11 is 1.50. The zero-order chi connectivity index (χ0) is 17.8. The Labute approximate surface area is 156 Å². The van der Waals surface area contributed by atoms with E-state index in [9.17, 15) is 4.79 Å². The van der Waals surface area contributed by atoms with Gasteiger partial charge in [-0.3, -0.25) is 0 Å². The van der Waals surface area contributed by atoms with E-state index in [4.69, 9.17) is 4.99 Å². The first-order valence-corrected chi connectivity index (χ1v) is 9.19. The highest BCUT2D eigenvalue weighted by Gasteiger charge is 2.26. The number of hydrogen-bond donors (Lipinski definition) is 0. The molecule has 0 bridgehead atoms. The first kappa shape index (κ1) is 16.5. The number of pyridine rings is 1. The predicted molar refractivity (Wildman–Crippen MR) is 105 cm³/mol. The van der Waals surface area contributed by atoms with Crippen LogP contribution < -0.4 is 4.90 Å². The molecular weight excluding hydrogens is 342 g/mol. The standard InChI is InChI=1S/C21H17N3OS/c25-15-19-18-12-7-13-22-20(18)26-21(23-19)24(17-10-5-2-6-11-17)14-16-8-3-1-4-9-16/h1-13,15,19H,14H2. The molecule has 2 heterocycles. The third kappa shape index (κ3) is 3.39. The number of aliphatic imine (C=N–C) groups is 1. The van der Waals surface area contributed by atoms with Crippen LogP contribution in [0.5, 0.6) is 0 Å². The molecule has 128 valence electrons. The van der Waals surface area contributed by atoms with Crippen LogP contribution in [-0.2, 0) is 11.3 Å². The molecule has 0 radical (unpaired) electrons. The Morgan fingerprint density at radius 1 is 0.962 bits per heavy atom.